The molecule has 3 N–H and O–H groups in total. The molecule has 2 fully saturated rings. The van der Waals surface area contributed by atoms with Crippen LogP contribution >= 0.6 is 0 Å². The van der Waals surface area contributed by atoms with Gasteiger partial charge in [-0.2, -0.15) is 0 Å². The van der Waals surface area contributed by atoms with E-state index in [9.17, 15) is 9.59 Å². The number of anilines is 2. The number of nitrogens with one attached hydrogen (secondary N) is 1. The molecular weight excluding hydrogens is 330 g/mol. The van der Waals surface area contributed by atoms with E-state index >= 15 is 0 Å². The van der Waals surface area contributed by atoms with Crippen LogP contribution < -0.4 is 11.1 Å². The first kappa shape index (κ1) is 15.4. The molecule has 1 spiro atoms. The van der Waals surface area contributed by atoms with Crippen molar-refractivity contribution in [1.29, 1.82) is 0 Å². The number of amides is 2. The second kappa shape index (κ2) is 4.86. The molecule has 3 heterocycles. The molecule has 6 heteroatoms. The number of hydrogen-bond donors (Lipinski definition) is 2. The van der Waals surface area contributed by atoms with Crippen molar-refractivity contribution in [2.24, 2.45) is 0 Å². The van der Waals surface area contributed by atoms with Gasteiger partial charge in [-0.25, -0.2) is 0 Å². The Labute approximate surface area is 150 Å². The zero-order chi connectivity index (χ0) is 18.1. The summed E-state index contributed by atoms with van der Waals surface area (Å²) in [5.41, 5.74) is 6.66. The summed E-state index contributed by atoms with van der Waals surface area (Å²) < 4.78 is 6.08. The first-order valence-electron chi connectivity index (χ1n) is 8.70. The average molecular weight is 349 g/mol. The fourth-order valence-electron chi connectivity index (χ4n) is 4.70. The van der Waals surface area contributed by atoms with Crippen LogP contribution in [-0.4, -0.2) is 29.0 Å². The maximum absolute atomic E-state index is 13.6. The lowest BCUT2D eigenvalue weighted by Crippen LogP contribution is -2.44. The smallest absolute Gasteiger partial charge is 0.245 e. The number of fused-ring (bicyclic) bond motifs is 3. The number of carbonyl (C=O) groups is 2. The Hall–Kier alpha value is -2.86. The second-order valence-electron chi connectivity index (χ2n) is 7.43. The first-order valence-corrected chi connectivity index (χ1v) is 8.70. The molecule has 3 aliphatic rings. The van der Waals surface area contributed by atoms with Crippen molar-refractivity contribution >= 4 is 23.2 Å². The largest absolute Gasteiger partial charge is 0.399 e. The minimum Gasteiger partial charge on any atom is -0.399 e. The lowest BCUT2D eigenvalue weighted by Gasteiger charge is -2.29. The third kappa shape index (κ3) is 1.74. The van der Waals surface area contributed by atoms with Gasteiger partial charge in [0.25, 0.3) is 0 Å². The maximum atomic E-state index is 13.6. The molecule has 0 bridgehead atoms. The van der Waals surface area contributed by atoms with Crippen LogP contribution in [0.3, 0.4) is 0 Å². The van der Waals surface area contributed by atoms with Crippen LogP contribution in [0.1, 0.15) is 30.5 Å². The number of rotatable bonds is 1. The molecule has 0 unspecified atom stereocenters. The van der Waals surface area contributed by atoms with Crippen LogP contribution in [0.5, 0.6) is 0 Å². The van der Waals surface area contributed by atoms with Gasteiger partial charge in [0.2, 0.25) is 11.8 Å². The standard InChI is InChI=1S/C20H19N3O3/c1-19-11-20(14-8-7-13(21)9-15(14)22-17(20)24)18(25)23(19)16(10-26-19)12-5-3-2-4-6-12/h2-9,16H,10-11,21H2,1H3,(H,22,24)/t16-,19-,20+/m0/s1. The molecule has 6 nitrogen and oxygen atoms in total. The molecule has 5 rings (SSSR count). The summed E-state index contributed by atoms with van der Waals surface area (Å²) in [5.74, 6) is -0.499. The molecular formula is C20H19N3O3. The van der Waals surface area contributed by atoms with Crippen molar-refractivity contribution in [3.8, 4) is 0 Å². The van der Waals surface area contributed by atoms with E-state index in [1.165, 1.54) is 0 Å². The van der Waals surface area contributed by atoms with Gasteiger partial charge in [-0.1, -0.05) is 36.4 Å². The second-order valence-corrected chi connectivity index (χ2v) is 7.43. The molecule has 3 atom stereocenters. The zero-order valence-corrected chi connectivity index (χ0v) is 14.4. The van der Waals surface area contributed by atoms with Gasteiger partial charge in [-0.05, 0) is 24.6 Å². The van der Waals surface area contributed by atoms with Gasteiger partial charge in [0.1, 0.15) is 5.72 Å². The Morgan fingerprint density at radius 3 is 2.73 bits per heavy atom. The summed E-state index contributed by atoms with van der Waals surface area (Å²) >= 11 is 0. The number of nitrogens with two attached hydrogens (primary N) is 1. The third-order valence-corrected chi connectivity index (χ3v) is 5.87. The third-order valence-electron chi connectivity index (χ3n) is 5.87. The van der Waals surface area contributed by atoms with Gasteiger partial charge in [0.15, 0.2) is 5.41 Å². The molecule has 26 heavy (non-hydrogen) atoms. The molecule has 0 radical (unpaired) electrons. The van der Waals surface area contributed by atoms with Gasteiger partial charge in [-0.3, -0.25) is 9.59 Å². The summed E-state index contributed by atoms with van der Waals surface area (Å²) in [6.45, 7) is 2.32. The topological polar surface area (TPSA) is 84.7 Å². The van der Waals surface area contributed by atoms with Crippen LogP contribution in [0.15, 0.2) is 48.5 Å². The van der Waals surface area contributed by atoms with Gasteiger partial charge in [0, 0.05) is 23.4 Å². The first-order chi connectivity index (χ1) is 12.5. The van der Waals surface area contributed by atoms with Crippen molar-refractivity contribution in [2.75, 3.05) is 17.7 Å². The van der Waals surface area contributed by atoms with Crippen molar-refractivity contribution in [3.05, 3.63) is 59.7 Å². The number of nitrogens with zero attached hydrogens (tertiary/aromatic N) is 1. The summed E-state index contributed by atoms with van der Waals surface area (Å²) in [6, 6.07) is 14.8. The van der Waals surface area contributed by atoms with Gasteiger partial charge >= 0.3 is 0 Å². The Bertz CT molecular complexity index is 945. The minimum atomic E-state index is -1.24. The van der Waals surface area contributed by atoms with E-state index < -0.39 is 11.1 Å². The predicted octanol–water partition coefficient (Wildman–Crippen LogP) is 2.18. The molecule has 0 saturated carbocycles. The number of ether oxygens (including phenoxy) is 1. The Kier molecular flexibility index (Phi) is 2.88. The van der Waals surface area contributed by atoms with Gasteiger partial charge in [0.05, 0.1) is 12.6 Å². The summed E-state index contributed by atoms with van der Waals surface area (Å²) in [6.07, 6.45) is 0.297. The van der Waals surface area contributed by atoms with Crippen molar-refractivity contribution < 1.29 is 14.3 Å². The van der Waals surface area contributed by atoms with Crippen molar-refractivity contribution in [2.45, 2.75) is 30.5 Å². The van der Waals surface area contributed by atoms with E-state index in [4.69, 9.17) is 10.5 Å². The Balaban J connectivity index is 1.64. The average Bonchev–Trinajstić information content (AvgIpc) is 3.18. The van der Waals surface area contributed by atoms with Crippen LogP contribution in [0.4, 0.5) is 11.4 Å². The van der Waals surface area contributed by atoms with E-state index in [1.807, 2.05) is 37.3 Å². The normalized spacial score (nSPS) is 32.0. The molecule has 3 aliphatic heterocycles. The van der Waals surface area contributed by atoms with Crippen LogP contribution in [0, 0.1) is 0 Å². The molecule has 2 saturated heterocycles. The van der Waals surface area contributed by atoms with E-state index in [-0.39, 0.29) is 17.9 Å². The molecule has 2 amide bonds. The highest BCUT2D eigenvalue weighted by molar-refractivity contribution is 6.22. The van der Waals surface area contributed by atoms with Crippen molar-refractivity contribution in [3.63, 3.8) is 0 Å². The highest BCUT2D eigenvalue weighted by Crippen LogP contribution is 2.56. The Morgan fingerprint density at radius 1 is 1.19 bits per heavy atom. The summed E-state index contributed by atoms with van der Waals surface area (Å²) in [7, 11) is 0. The molecule has 2 aromatic rings. The fraction of sp³-hybridized carbons (Fsp3) is 0.300. The van der Waals surface area contributed by atoms with E-state index in [0.717, 1.165) is 5.56 Å². The highest BCUT2D eigenvalue weighted by Gasteiger charge is 2.69. The summed E-state index contributed by atoms with van der Waals surface area (Å²) in [4.78, 5) is 28.3. The fourth-order valence-corrected chi connectivity index (χ4v) is 4.70. The van der Waals surface area contributed by atoms with E-state index in [0.29, 0.717) is 30.0 Å². The lowest BCUT2D eigenvalue weighted by molar-refractivity contribution is -0.141. The molecule has 0 aromatic heterocycles. The quantitative estimate of drug-likeness (QED) is 0.610. The Morgan fingerprint density at radius 2 is 1.96 bits per heavy atom. The monoisotopic (exact) mass is 349 g/mol. The van der Waals surface area contributed by atoms with Gasteiger partial charge in [-0.15, -0.1) is 0 Å². The molecule has 132 valence electrons. The van der Waals surface area contributed by atoms with E-state index in [1.54, 1.807) is 23.1 Å². The number of benzene rings is 2. The summed E-state index contributed by atoms with van der Waals surface area (Å²) in [5, 5.41) is 2.84. The predicted molar refractivity (Wildman–Crippen MR) is 96.2 cm³/mol. The molecule has 0 aliphatic carbocycles. The van der Waals surface area contributed by atoms with Crippen LogP contribution in [-0.2, 0) is 19.7 Å². The number of hydrogen-bond acceptors (Lipinski definition) is 4. The highest BCUT2D eigenvalue weighted by atomic mass is 16.5. The zero-order valence-electron chi connectivity index (χ0n) is 14.4. The SMILES string of the molecule is C[C@]12C[C@@]3(C(=O)Nc4cc(N)ccc43)C(=O)N1[C@H](c1ccccc1)CO2. The van der Waals surface area contributed by atoms with E-state index in [2.05, 4.69) is 5.32 Å². The van der Waals surface area contributed by atoms with Crippen molar-refractivity contribution in [1.82, 2.24) is 4.90 Å². The number of carbonyl (C=O) groups excluding carboxylic acids is 2. The van der Waals surface area contributed by atoms with Crippen LogP contribution in [0.25, 0.3) is 0 Å². The molecule has 2 aromatic carbocycles. The number of nitrogen functional groups attached to an aromatic ring is 1. The van der Waals surface area contributed by atoms with Crippen LogP contribution in [0.2, 0.25) is 0 Å². The van der Waals surface area contributed by atoms with Gasteiger partial charge < -0.3 is 20.7 Å². The lowest BCUT2D eigenvalue weighted by atomic mass is 9.78. The minimum absolute atomic E-state index is 0.196. The maximum Gasteiger partial charge on any atom is 0.245 e.